The lowest BCUT2D eigenvalue weighted by atomic mass is 9.85. The lowest BCUT2D eigenvalue weighted by molar-refractivity contribution is 0.462. The van der Waals surface area contributed by atoms with E-state index >= 15 is 0 Å². The van der Waals surface area contributed by atoms with Crippen LogP contribution >= 0.6 is 12.4 Å². The van der Waals surface area contributed by atoms with Gasteiger partial charge in [0, 0.05) is 11.1 Å². The van der Waals surface area contributed by atoms with Crippen LogP contribution in [0.1, 0.15) is 31.2 Å². The fraction of sp³-hybridized carbons (Fsp3) is 0.647. The van der Waals surface area contributed by atoms with E-state index in [-0.39, 0.29) is 17.7 Å². The van der Waals surface area contributed by atoms with E-state index in [9.17, 15) is 8.42 Å². The molecule has 4 fully saturated rings. The van der Waals surface area contributed by atoms with Gasteiger partial charge in [-0.15, -0.1) is 12.4 Å². The monoisotopic (exact) mass is 354 g/mol. The van der Waals surface area contributed by atoms with Crippen molar-refractivity contribution in [2.75, 3.05) is 17.8 Å². The smallest absolute Gasteiger partial charge is 0.235 e. The molecule has 1 aliphatic heterocycles. The number of sulfonamides is 1. The van der Waals surface area contributed by atoms with E-state index in [1.165, 1.54) is 18.4 Å². The average Bonchev–Trinajstić information content (AvgIpc) is 3.37. The standard InChI is InChI=1S/C17H22N2O2S.ClH/c20-22(21,14-6-7-14)19-13-3-1-2-12(8-13)17(11-4-5-11)15-9-18-10-16(15)17;/h1-3,8,11,14-16,18-19H,4-7,9-10H2;1H. The second kappa shape index (κ2) is 5.11. The molecular formula is C17H23ClN2O2S. The predicted molar refractivity (Wildman–Crippen MR) is 93.5 cm³/mol. The van der Waals surface area contributed by atoms with Crippen molar-refractivity contribution >= 4 is 28.1 Å². The van der Waals surface area contributed by atoms with Gasteiger partial charge in [0.1, 0.15) is 0 Å². The molecule has 1 aromatic carbocycles. The maximum atomic E-state index is 12.2. The number of nitrogens with one attached hydrogen (secondary N) is 2. The summed E-state index contributed by atoms with van der Waals surface area (Å²) in [5, 5.41) is 3.33. The Labute approximate surface area is 143 Å². The Bertz CT molecular complexity index is 718. The van der Waals surface area contributed by atoms with Crippen LogP contribution in [0.4, 0.5) is 5.69 Å². The third-order valence-corrected chi connectivity index (χ3v) is 8.04. The molecule has 1 aromatic rings. The van der Waals surface area contributed by atoms with Crippen molar-refractivity contribution in [2.24, 2.45) is 17.8 Å². The van der Waals surface area contributed by atoms with Crippen LogP contribution < -0.4 is 10.0 Å². The first-order chi connectivity index (χ1) is 10.6. The first-order valence-corrected chi connectivity index (χ1v) is 10.00. The summed E-state index contributed by atoms with van der Waals surface area (Å²) in [7, 11) is -3.17. The van der Waals surface area contributed by atoms with E-state index in [1.807, 2.05) is 12.1 Å². The fourth-order valence-electron chi connectivity index (χ4n) is 4.89. The largest absolute Gasteiger partial charge is 0.316 e. The van der Waals surface area contributed by atoms with Crippen LogP contribution in [0.2, 0.25) is 0 Å². The van der Waals surface area contributed by atoms with Crippen LogP contribution in [0, 0.1) is 17.8 Å². The van der Waals surface area contributed by atoms with Gasteiger partial charge in [-0.3, -0.25) is 4.72 Å². The number of halogens is 1. The van der Waals surface area contributed by atoms with E-state index in [4.69, 9.17) is 0 Å². The normalized spacial score (nSPS) is 35.3. The molecule has 4 aliphatic rings. The minimum Gasteiger partial charge on any atom is -0.316 e. The van der Waals surface area contributed by atoms with Gasteiger partial charge in [0.15, 0.2) is 0 Å². The number of benzene rings is 1. The highest BCUT2D eigenvalue weighted by molar-refractivity contribution is 7.93. The minimum absolute atomic E-state index is 0. The lowest BCUT2D eigenvalue weighted by Gasteiger charge is -2.22. The lowest BCUT2D eigenvalue weighted by Crippen LogP contribution is -2.27. The Morgan fingerprint density at radius 1 is 1.09 bits per heavy atom. The molecule has 2 atom stereocenters. The number of hydrogen-bond acceptors (Lipinski definition) is 3. The van der Waals surface area contributed by atoms with Gasteiger partial charge in [0.05, 0.1) is 5.25 Å². The summed E-state index contributed by atoms with van der Waals surface area (Å²) in [4.78, 5) is 0. The van der Waals surface area contributed by atoms with Gasteiger partial charge < -0.3 is 5.32 Å². The van der Waals surface area contributed by atoms with E-state index in [2.05, 4.69) is 22.2 Å². The van der Waals surface area contributed by atoms with Crippen molar-refractivity contribution in [3.8, 4) is 0 Å². The number of anilines is 1. The van der Waals surface area contributed by atoms with Gasteiger partial charge in [0.25, 0.3) is 0 Å². The molecular weight excluding hydrogens is 332 g/mol. The molecule has 6 heteroatoms. The van der Waals surface area contributed by atoms with Crippen molar-refractivity contribution in [2.45, 2.75) is 36.3 Å². The fourth-order valence-corrected chi connectivity index (χ4v) is 6.27. The zero-order valence-corrected chi connectivity index (χ0v) is 14.6. The van der Waals surface area contributed by atoms with Crippen molar-refractivity contribution < 1.29 is 8.42 Å². The Hall–Kier alpha value is -0.780. The molecule has 4 nitrogen and oxygen atoms in total. The average molecular weight is 355 g/mol. The Morgan fingerprint density at radius 3 is 2.39 bits per heavy atom. The number of piperidine rings is 1. The maximum absolute atomic E-state index is 12.2. The molecule has 0 aromatic heterocycles. The highest BCUT2D eigenvalue weighted by Gasteiger charge is 2.71. The summed E-state index contributed by atoms with van der Waals surface area (Å²) < 4.78 is 27.1. The molecule has 3 aliphatic carbocycles. The van der Waals surface area contributed by atoms with Crippen LogP contribution in [-0.2, 0) is 15.4 Å². The zero-order chi connectivity index (χ0) is 14.9. The molecule has 126 valence electrons. The Kier molecular flexibility index (Phi) is 3.49. The first-order valence-electron chi connectivity index (χ1n) is 8.45. The molecule has 0 spiro atoms. The van der Waals surface area contributed by atoms with Gasteiger partial charge in [-0.1, -0.05) is 12.1 Å². The molecule has 1 heterocycles. The van der Waals surface area contributed by atoms with Gasteiger partial charge in [-0.05, 0) is 74.2 Å². The maximum Gasteiger partial charge on any atom is 0.235 e. The topological polar surface area (TPSA) is 58.2 Å². The predicted octanol–water partition coefficient (Wildman–Crippen LogP) is 2.51. The zero-order valence-electron chi connectivity index (χ0n) is 13.0. The Balaban J connectivity index is 0.00000135. The highest BCUT2D eigenvalue weighted by Crippen LogP contribution is 2.71. The second-order valence-electron chi connectivity index (χ2n) is 7.51. The second-order valence-corrected chi connectivity index (χ2v) is 9.47. The summed E-state index contributed by atoms with van der Waals surface area (Å²) in [5.41, 5.74) is 2.46. The molecule has 0 bridgehead atoms. The summed E-state index contributed by atoms with van der Waals surface area (Å²) >= 11 is 0. The van der Waals surface area contributed by atoms with Crippen LogP contribution in [-0.4, -0.2) is 26.8 Å². The van der Waals surface area contributed by atoms with E-state index < -0.39 is 10.0 Å². The molecule has 1 saturated heterocycles. The van der Waals surface area contributed by atoms with Crippen LogP contribution in [0.15, 0.2) is 24.3 Å². The molecule has 0 radical (unpaired) electrons. The van der Waals surface area contributed by atoms with Crippen LogP contribution in [0.25, 0.3) is 0 Å². The van der Waals surface area contributed by atoms with Crippen molar-refractivity contribution in [3.63, 3.8) is 0 Å². The summed E-state index contributed by atoms with van der Waals surface area (Å²) in [5.74, 6) is 2.34. The summed E-state index contributed by atoms with van der Waals surface area (Å²) in [6.07, 6.45) is 4.28. The van der Waals surface area contributed by atoms with Crippen molar-refractivity contribution in [3.05, 3.63) is 29.8 Å². The van der Waals surface area contributed by atoms with E-state index in [0.29, 0.717) is 5.41 Å². The molecule has 2 unspecified atom stereocenters. The molecule has 2 N–H and O–H groups in total. The SMILES string of the molecule is Cl.O=S(=O)(Nc1cccc(C2(C3CC3)C3CNCC32)c1)C1CC1. The van der Waals surface area contributed by atoms with Crippen LogP contribution in [0.3, 0.4) is 0 Å². The highest BCUT2D eigenvalue weighted by atomic mass is 35.5. The molecule has 5 rings (SSSR count). The minimum atomic E-state index is -3.17. The van der Waals surface area contributed by atoms with Crippen molar-refractivity contribution in [1.82, 2.24) is 5.32 Å². The van der Waals surface area contributed by atoms with E-state index in [0.717, 1.165) is 49.4 Å². The van der Waals surface area contributed by atoms with E-state index in [1.54, 1.807) is 0 Å². The van der Waals surface area contributed by atoms with Crippen molar-refractivity contribution in [1.29, 1.82) is 0 Å². The summed E-state index contributed by atoms with van der Waals surface area (Å²) in [6.45, 7) is 2.25. The molecule has 23 heavy (non-hydrogen) atoms. The third kappa shape index (κ3) is 2.31. The quantitative estimate of drug-likeness (QED) is 0.854. The van der Waals surface area contributed by atoms with Gasteiger partial charge in [-0.2, -0.15) is 0 Å². The van der Waals surface area contributed by atoms with Gasteiger partial charge in [0.2, 0.25) is 10.0 Å². The number of fused-ring (bicyclic) bond motifs is 1. The third-order valence-electron chi connectivity index (χ3n) is 6.17. The number of hydrogen-bond donors (Lipinski definition) is 2. The molecule has 0 amide bonds. The first kappa shape index (κ1) is 15.7. The Morgan fingerprint density at radius 2 is 1.78 bits per heavy atom. The summed E-state index contributed by atoms with van der Waals surface area (Å²) in [6, 6.07) is 8.23. The van der Waals surface area contributed by atoms with Gasteiger partial charge >= 0.3 is 0 Å². The number of rotatable bonds is 5. The van der Waals surface area contributed by atoms with Gasteiger partial charge in [-0.25, -0.2) is 8.42 Å². The molecule has 3 saturated carbocycles. The van der Waals surface area contributed by atoms with Crippen LogP contribution in [0.5, 0.6) is 0 Å².